The lowest BCUT2D eigenvalue weighted by molar-refractivity contribution is -0.138. The predicted octanol–water partition coefficient (Wildman–Crippen LogP) is 4.31. The van der Waals surface area contributed by atoms with Gasteiger partial charge in [-0.1, -0.05) is 68.4 Å². The van der Waals surface area contributed by atoms with Crippen LogP contribution in [0.1, 0.15) is 58.3 Å². The number of carbonyl (C=O) groups is 2. The van der Waals surface area contributed by atoms with Gasteiger partial charge < -0.3 is 21.1 Å². The first kappa shape index (κ1) is 28.2. The molecule has 0 aromatic rings. The van der Waals surface area contributed by atoms with E-state index in [1.54, 1.807) is 12.2 Å². The fourth-order valence-corrected chi connectivity index (χ4v) is 3.60. The second-order valence-corrected chi connectivity index (χ2v) is 8.21. The zero-order chi connectivity index (χ0) is 22.6. The highest BCUT2D eigenvalue weighted by Gasteiger charge is 2.20. The van der Waals surface area contributed by atoms with Crippen molar-refractivity contribution in [3.8, 4) is 0 Å². The van der Waals surface area contributed by atoms with E-state index in [0.29, 0.717) is 12.8 Å². The van der Waals surface area contributed by atoms with Gasteiger partial charge in [0.1, 0.15) is 6.04 Å². The van der Waals surface area contributed by atoms with Gasteiger partial charge in [0.05, 0.1) is 6.10 Å². The first-order chi connectivity index (χ1) is 14.4. The van der Waals surface area contributed by atoms with Gasteiger partial charge in [0, 0.05) is 17.4 Å². The summed E-state index contributed by atoms with van der Waals surface area (Å²) in [4.78, 5) is 21.5. The summed E-state index contributed by atoms with van der Waals surface area (Å²) >= 11 is 1.26. The summed E-state index contributed by atoms with van der Waals surface area (Å²) in [7, 11) is 0. The van der Waals surface area contributed by atoms with E-state index >= 15 is 0 Å². The SMILES string of the molecule is CCCCC/C=C\C\C=C/C=C\C=C/[C@H](SC[C@@H](N)C(=O)O)[C@@H](O)CCCC(=O)O. The summed E-state index contributed by atoms with van der Waals surface area (Å²) in [5.41, 5.74) is 5.54. The Kier molecular flexibility index (Phi) is 18.0. The van der Waals surface area contributed by atoms with Crippen LogP contribution in [-0.2, 0) is 9.59 Å². The van der Waals surface area contributed by atoms with Crippen LogP contribution in [0.5, 0.6) is 0 Å². The molecule has 0 heterocycles. The highest BCUT2D eigenvalue weighted by Crippen LogP contribution is 2.21. The maximum absolute atomic E-state index is 10.9. The Morgan fingerprint density at radius 2 is 1.73 bits per heavy atom. The molecule has 0 amide bonds. The van der Waals surface area contributed by atoms with Gasteiger partial charge in [-0.2, -0.15) is 0 Å². The first-order valence-corrected chi connectivity index (χ1v) is 11.6. The van der Waals surface area contributed by atoms with Crippen molar-refractivity contribution in [2.45, 2.75) is 75.7 Å². The summed E-state index contributed by atoms with van der Waals surface area (Å²) in [6.07, 6.45) is 21.3. The Morgan fingerprint density at radius 1 is 1.00 bits per heavy atom. The van der Waals surface area contributed by atoms with Crippen LogP contribution in [0.25, 0.3) is 0 Å². The number of thioether (sulfide) groups is 1. The van der Waals surface area contributed by atoms with Crippen LogP contribution in [0.2, 0.25) is 0 Å². The molecule has 0 bridgehead atoms. The molecule has 170 valence electrons. The molecule has 0 fully saturated rings. The van der Waals surface area contributed by atoms with Gasteiger partial charge in [-0.15, -0.1) is 11.8 Å². The Balaban J connectivity index is 4.51. The average molecular weight is 440 g/mol. The van der Waals surface area contributed by atoms with E-state index in [4.69, 9.17) is 15.9 Å². The highest BCUT2D eigenvalue weighted by atomic mass is 32.2. The molecule has 0 unspecified atom stereocenters. The lowest BCUT2D eigenvalue weighted by Crippen LogP contribution is -2.34. The summed E-state index contributed by atoms with van der Waals surface area (Å²) in [6, 6.07) is -1.01. The zero-order valence-electron chi connectivity index (χ0n) is 17.9. The van der Waals surface area contributed by atoms with E-state index in [1.807, 2.05) is 18.2 Å². The predicted molar refractivity (Wildman–Crippen MR) is 125 cm³/mol. The third-order valence-corrected chi connectivity index (χ3v) is 5.65. The van der Waals surface area contributed by atoms with E-state index in [9.17, 15) is 14.7 Å². The highest BCUT2D eigenvalue weighted by molar-refractivity contribution is 8.00. The van der Waals surface area contributed by atoms with E-state index in [0.717, 1.165) is 12.8 Å². The number of hydrogen-bond acceptors (Lipinski definition) is 5. The van der Waals surface area contributed by atoms with Crippen LogP contribution < -0.4 is 5.73 Å². The van der Waals surface area contributed by atoms with Gasteiger partial charge in [-0.3, -0.25) is 9.59 Å². The second-order valence-electron chi connectivity index (χ2n) is 7.00. The number of aliphatic carboxylic acids is 2. The Labute approximate surface area is 184 Å². The average Bonchev–Trinajstić information content (AvgIpc) is 2.70. The molecule has 0 saturated heterocycles. The minimum absolute atomic E-state index is 0.00938. The Hall–Kier alpha value is -1.83. The van der Waals surface area contributed by atoms with Crippen molar-refractivity contribution < 1.29 is 24.9 Å². The number of allylic oxidation sites excluding steroid dienone is 7. The van der Waals surface area contributed by atoms with E-state index in [1.165, 1.54) is 31.0 Å². The maximum Gasteiger partial charge on any atom is 0.321 e. The second kappa shape index (κ2) is 19.2. The Morgan fingerprint density at radius 3 is 2.40 bits per heavy atom. The van der Waals surface area contributed by atoms with Crippen LogP contribution >= 0.6 is 11.8 Å². The van der Waals surface area contributed by atoms with Gasteiger partial charge in [-0.05, 0) is 32.1 Å². The third-order valence-electron chi connectivity index (χ3n) is 4.24. The lowest BCUT2D eigenvalue weighted by Gasteiger charge is -2.20. The molecule has 7 heteroatoms. The van der Waals surface area contributed by atoms with Crippen molar-refractivity contribution in [3.05, 3.63) is 48.6 Å². The number of rotatable bonds is 18. The normalized spacial score (nSPS) is 15.4. The number of carboxylic acid groups (broad SMARTS) is 2. The molecule has 0 aliphatic rings. The molecule has 5 N–H and O–H groups in total. The standard InChI is InChI=1S/C23H37NO5S/c1-2-3-4-5-6-7-8-9-10-11-12-13-16-21(30-18-19(24)23(28)29)20(25)15-14-17-22(26)27/h6-7,9-13,16,19-21,25H,2-5,8,14-15,17-18,24H2,1H3,(H,26,27)(H,28,29)/b7-6-,10-9-,12-11-,16-13-/t19-,20+,21+/m1/s1. The van der Waals surface area contributed by atoms with E-state index < -0.39 is 24.1 Å². The number of unbranched alkanes of at least 4 members (excludes halogenated alkanes) is 3. The van der Waals surface area contributed by atoms with Crippen molar-refractivity contribution in [1.29, 1.82) is 0 Å². The van der Waals surface area contributed by atoms with Crippen LogP contribution in [-0.4, -0.2) is 50.4 Å². The molecule has 0 aromatic carbocycles. The molecule has 30 heavy (non-hydrogen) atoms. The minimum atomic E-state index is -1.09. The van der Waals surface area contributed by atoms with Gasteiger partial charge >= 0.3 is 11.9 Å². The number of carboxylic acids is 2. The van der Waals surface area contributed by atoms with Gasteiger partial charge in [0.15, 0.2) is 0 Å². The fourth-order valence-electron chi connectivity index (χ4n) is 2.47. The molecule has 0 aliphatic heterocycles. The van der Waals surface area contributed by atoms with Gasteiger partial charge in [-0.25, -0.2) is 0 Å². The van der Waals surface area contributed by atoms with Crippen molar-refractivity contribution in [1.82, 2.24) is 0 Å². The molecule has 0 radical (unpaired) electrons. The number of aliphatic hydroxyl groups is 1. The number of hydrogen-bond donors (Lipinski definition) is 4. The lowest BCUT2D eigenvalue weighted by atomic mass is 10.1. The summed E-state index contributed by atoms with van der Waals surface area (Å²) in [5, 5.41) is 27.6. The molecule has 6 nitrogen and oxygen atoms in total. The summed E-state index contributed by atoms with van der Waals surface area (Å²) < 4.78 is 0. The molecule has 3 atom stereocenters. The van der Waals surface area contributed by atoms with Crippen LogP contribution in [0.3, 0.4) is 0 Å². The molecule has 0 rings (SSSR count). The fraction of sp³-hybridized carbons (Fsp3) is 0.565. The summed E-state index contributed by atoms with van der Waals surface area (Å²) in [6.45, 7) is 2.19. The molecule has 0 aromatic heterocycles. The van der Waals surface area contributed by atoms with Crippen molar-refractivity contribution in [2.24, 2.45) is 5.73 Å². The van der Waals surface area contributed by atoms with Crippen LogP contribution in [0, 0.1) is 0 Å². The van der Waals surface area contributed by atoms with Gasteiger partial charge in [0.2, 0.25) is 0 Å². The minimum Gasteiger partial charge on any atom is -0.481 e. The molecular weight excluding hydrogens is 402 g/mol. The van der Waals surface area contributed by atoms with E-state index in [2.05, 4.69) is 25.2 Å². The van der Waals surface area contributed by atoms with Crippen LogP contribution in [0.15, 0.2) is 48.6 Å². The summed E-state index contributed by atoms with van der Waals surface area (Å²) in [5.74, 6) is -1.83. The van der Waals surface area contributed by atoms with Gasteiger partial charge in [0.25, 0.3) is 0 Å². The zero-order valence-corrected chi connectivity index (χ0v) is 18.7. The van der Waals surface area contributed by atoms with Crippen LogP contribution in [0.4, 0.5) is 0 Å². The topological polar surface area (TPSA) is 121 Å². The monoisotopic (exact) mass is 439 g/mol. The maximum atomic E-state index is 10.9. The quantitative estimate of drug-likeness (QED) is 0.143. The van der Waals surface area contributed by atoms with E-state index in [-0.39, 0.29) is 17.4 Å². The largest absolute Gasteiger partial charge is 0.481 e. The smallest absolute Gasteiger partial charge is 0.321 e. The van der Waals surface area contributed by atoms with Crippen molar-refractivity contribution >= 4 is 23.7 Å². The third kappa shape index (κ3) is 17.1. The molecular formula is C23H37NO5S. The molecule has 0 aliphatic carbocycles. The van der Waals surface area contributed by atoms with Crippen molar-refractivity contribution in [2.75, 3.05) is 5.75 Å². The Bertz CT molecular complexity index is 586. The molecule has 0 spiro atoms. The number of nitrogens with two attached hydrogens (primary N) is 1. The molecule has 0 saturated carbocycles. The first-order valence-electron chi connectivity index (χ1n) is 10.5. The van der Waals surface area contributed by atoms with Crippen molar-refractivity contribution in [3.63, 3.8) is 0 Å². The number of aliphatic hydroxyl groups excluding tert-OH is 1.